The van der Waals surface area contributed by atoms with E-state index in [0.29, 0.717) is 23.4 Å². The van der Waals surface area contributed by atoms with Crippen LogP contribution in [0.25, 0.3) is 0 Å². The SMILES string of the molecule is Cc1c(C)c(C)c(N2C(=O)Cc3c(C)c(C)c(C)c(C)c32)c(C)c1C.Cc1c(C)c(C)c(Nc2c(C)c(C)c(C)c(C)c2C(=O)C(=O)O)c(C)c1C.Cc1c(C)c(C)c(Nc2c(C)c(C)c(C)c(C)c2CC(=O)O)c(C)c1C.Cc1cc(N(C(=O)C(=O)Cl)c2c(C)c(C)c(C)c(C)c2C)c(C)c(C)c1C.Cc1cc(Nc2c(C)c(C)c(C)c(C)c2C)c(C)c(C)c1C. The van der Waals surface area contributed by atoms with Gasteiger partial charge in [-0.2, -0.15) is 0 Å². The molecule has 0 spiro atoms. The molecular formula is C113H146ClN5O8. The number of hydrogen-bond acceptors (Lipinski definition) is 9. The highest BCUT2D eigenvalue weighted by atomic mass is 35.5. The van der Waals surface area contributed by atoms with Crippen molar-refractivity contribution in [3.05, 3.63) is 279 Å². The summed E-state index contributed by atoms with van der Waals surface area (Å²) in [6.45, 7) is 94.8. The van der Waals surface area contributed by atoms with Crippen LogP contribution in [0.15, 0.2) is 12.1 Å². The second-order valence-corrected chi connectivity index (χ2v) is 37.3. The number of rotatable bonds is 14. The van der Waals surface area contributed by atoms with Gasteiger partial charge in [0.15, 0.2) is 0 Å². The first-order valence-electron chi connectivity index (χ1n) is 44.5. The number of halogens is 1. The second kappa shape index (κ2) is 39.8. The molecule has 678 valence electrons. The summed E-state index contributed by atoms with van der Waals surface area (Å²) >= 11 is 5.67. The van der Waals surface area contributed by atoms with Crippen molar-refractivity contribution in [2.75, 3.05) is 25.8 Å². The molecule has 0 aromatic heterocycles. The molecule has 0 saturated carbocycles. The third kappa shape index (κ3) is 19.2. The molecule has 1 aliphatic heterocycles. The molecule has 5 N–H and O–H groups in total. The summed E-state index contributed by atoms with van der Waals surface area (Å²) < 4.78 is 0. The number of carboxylic acids is 2. The molecule has 11 rings (SSSR count). The second-order valence-electron chi connectivity index (χ2n) is 37.0. The molecule has 14 heteroatoms. The maximum atomic E-state index is 13.1. The maximum Gasteiger partial charge on any atom is 0.377 e. The molecule has 10 aromatic carbocycles. The number of carbonyl (C=O) groups excluding carboxylic acids is 4. The Labute approximate surface area is 766 Å². The van der Waals surface area contributed by atoms with Gasteiger partial charge >= 0.3 is 23.1 Å². The van der Waals surface area contributed by atoms with Crippen molar-refractivity contribution < 1.29 is 39.0 Å². The zero-order valence-electron chi connectivity index (χ0n) is 85.7. The van der Waals surface area contributed by atoms with Crippen molar-refractivity contribution in [3.8, 4) is 0 Å². The van der Waals surface area contributed by atoms with Gasteiger partial charge in [0.05, 0.1) is 46.8 Å². The lowest BCUT2D eigenvalue weighted by atomic mass is 9.88. The zero-order chi connectivity index (χ0) is 97.1. The predicted molar refractivity (Wildman–Crippen MR) is 540 cm³/mol. The molecule has 1 heterocycles. The quantitative estimate of drug-likeness (QED) is 0.0396. The molecule has 13 nitrogen and oxygen atoms in total. The van der Waals surface area contributed by atoms with Crippen LogP contribution in [-0.4, -0.2) is 45.0 Å². The Morgan fingerprint density at radius 3 is 0.961 bits per heavy atom. The lowest BCUT2D eigenvalue weighted by Crippen LogP contribution is -2.33. The standard InChI is InChI=1S/C23H28ClNO2.C23H29NO3.C23H31NO2.C23H29NO.C21H29N/c1-11-10-20(17(7)13(3)12(11)2)25(23(27)22(24)26)21-18(8)15(5)14(4)16(6)19(21)9;1-10-12(3)16(7)20(17(8)13(10)4)24-21-18(9)14(5)11(2)15(6)19(21)22(25)23(26)27;1-11-13(3)17(7)22(18(8)14(11)4)24-23-19(9)15(5)12(2)16(6)20(23)10-21(25)26;1-11-13(3)17(7)22(18(8)14(11)4)24-21(25)10-20-16(6)12(2)15(5)19(9)23(20)24;1-11-10-20(17(7)13(3)12(11)2)22-21-18(8)15(5)14(4)16(6)19(21)9/h10H,1-9H3;24H,1-9H3,(H,26,27);24H,10H2,1-9H3,(H,25,26);10H2,1-9H3;10,22H,1-9H3. The van der Waals surface area contributed by atoms with Gasteiger partial charge in [-0.3, -0.25) is 33.8 Å². The van der Waals surface area contributed by atoms with Crippen LogP contribution in [0.1, 0.15) is 272 Å². The molecule has 0 atom stereocenters. The highest BCUT2D eigenvalue weighted by Crippen LogP contribution is 2.49. The van der Waals surface area contributed by atoms with E-state index in [1.165, 1.54) is 189 Å². The number of hydrogen-bond donors (Lipinski definition) is 5. The van der Waals surface area contributed by atoms with E-state index in [0.717, 1.165) is 118 Å². The molecule has 0 unspecified atom stereocenters. The minimum atomic E-state index is -1.44. The van der Waals surface area contributed by atoms with Crippen LogP contribution >= 0.6 is 11.6 Å². The molecule has 2 amide bonds. The lowest BCUT2D eigenvalue weighted by Gasteiger charge is -2.30. The molecular weight excluding hydrogens is 1590 g/mol. The van der Waals surface area contributed by atoms with Gasteiger partial charge in [0, 0.05) is 28.4 Å². The van der Waals surface area contributed by atoms with Crippen molar-refractivity contribution >= 4 is 103 Å². The summed E-state index contributed by atoms with van der Waals surface area (Å²) in [7, 11) is 0. The third-order valence-electron chi connectivity index (χ3n) is 31.5. The van der Waals surface area contributed by atoms with Crippen molar-refractivity contribution in [2.24, 2.45) is 0 Å². The van der Waals surface area contributed by atoms with E-state index in [9.17, 15) is 39.0 Å². The normalized spacial score (nSPS) is 11.4. The molecule has 0 radical (unpaired) electrons. The first-order valence-corrected chi connectivity index (χ1v) is 44.9. The number of Topliss-reactive ketones (excluding diaryl/α,β-unsaturated/α-hetero) is 1. The van der Waals surface area contributed by atoms with Crippen molar-refractivity contribution in [2.45, 2.75) is 324 Å². The summed E-state index contributed by atoms with van der Waals surface area (Å²) in [5.41, 5.74) is 66.1. The Kier molecular flexibility index (Phi) is 32.3. The van der Waals surface area contributed by atoms with E-state index < -0.39 is 28.9 Å². The first kappa shape index (κ1) is 103. The molecule has 1 aliphatic rings. The lowest BCUT2D eigenvalue weighted by molar-refractivity contribution is -0.136. The summed E-state index contributed by atoms with van der Waals surface area (Å²) in [6, 6.07) is 4.25. The van der Waals surface area contributed by atoms with Crippen LogP contribution in [0.3, 0.4) is 0 Å². The van der Waals surface area contributed by atoms with E-state index in [2.05, 4.69) is 251 Å². The number of fused-ring (bicyclic) bond motifs is 1. The Bertz CT molecular complexity index is 6170. The number of carbonyl (C=O) groups is 6. The number of amides is 2. The number of anilines is 10. The van der Waals surface area contributed by atoms with Crippen LogP contribution in [-0.2, 0) is 36.8 Å². The number of ketones is 1. The molecule has 10 aromatic rings. The van der Waals surface area contributed by atoms with Crippen LogP contribution < -0.4 is 25.8 Å². The minimum Gasteiger partial charge on any atom is -0.481 e. The van der Waals surface area contributed by atoms with Crippen molar-refractivity contribution in [3.63, 3.8) is 0 Å². The van der Waals surface area contributed by atoms with E-state index in [-0.39, 0.29) is 17.9 Å². The van der Waals surface area contributed by atoms with Gasteiger partial charge in [0.1, 0.15) is 0 Å². The Morgan fingerprint density at radius 1 is 0.307 bits per heavy atom. The van der Waals surface area contributed by atoms with Gasteiger partial charge in [-0.15, -0.1) is 0 Å². The van der Waals surface area contributed by atoms with Crippen LogP contribution in [0.4, 0.5) is 56.9 Å². The summed E-state index contributed by atoms with van der Waals surface area (Å²) in [6.07, 6.45) is 0.534. The Balaban J connectivity index is 0.000000218. The first-order chi connectivity index (χ1) is 58.6. The highest BCUT2D eigenvalue weighted by Gasteiger charge is 2.37. The smallest absolute Gasteiger partial charge is 0.377 e. The number of aryl methyl sites for hydroxylation is 2. The van der Waals surface area contributed by atoms with E-state index in [1.54, 1.807) is 0 Å². The molecule has 127 heavy (non-hydrogen) atoms. The fourth-order valence-corrected chi connectivity index (χ4v) is 18.6. The zero-order valence-corrected chi connectivity index (χ0v) is 86.4. The summed E-state index contributed by atoms with van der Waals surface area (Å²) in [4.78, 5) is 77.0. The number of benzene rings is 10. The van der Waals surface area contributed by atoms with E-state index in [1.807, 2.05) is 94.1 Å². The largest absolute Gasteiger partial charge is 0.481 e. The number of aliphatic carboxylic acids is 2. The van der Waals surface area contributed by atoms with Gasteiger partial charge < -0.3 is 26.2 Å². The maximum absolute atomic E-state index is 13.1. The van der Waals surface area contributed by atoms with Crippen molar-refractivity contribution in [1.82, 2.24) is 0 Å². The van der Waals surface area contributed by atoms with Gasteiger partial charge in [-0.25, -0.2) is 4.79 Å². The van der Waals surface area contributed by atoms with Crippen LogP contribution in [0, 0.1) is 312 Å². The third-order valence-corrected chi connectivity index (χ3v) is 31.7. The summed E-state index contributed by atoms with van der Waals surface area (Å²) in [5.74, 6) is -3.65. The highest BCUT2D eigenvalue weighted by molar-refractivity contribution is 6.82. The van der Waals surface area contributed by atoms with E-state index in [4.69, 9.17) is 11.6 Å². The topological polar surface area (TPSA) is 185 Å². The van der Waals surface area contributed by atoms with Gasteiger partial charge in [-0.1, -0.05) is 0 Å². The van der Waals surface area contributed by atoms with Gasteiger partial charge in [0.2, 0.25) is 5.91 Å². The number of carboxylic acid groups (broad SMARTS) is 2. The fraction of sp³-hybridized carbons (Fsp3) is 0.416. The predicted octanol–water partition coefficient (Wildman–Crippen LogP) is 29.1. The fourth-order valence-electron chi connectivity index (χ4n) is 18.5. The van der Waals surface area contributed by atoms with Crippen LogP contribution in [0.2, 0.25) is 0 Å². The summed E-state index contributed by atoms with van der Waals surface area (Å²) in [5, 5.41) is 28.6. The average molecular weight is 1740 g/mol. The number of nitrogens with one attached hydrogen (secondary N) is 3. The monoisotopic (exact) mass is 1740 g/mol. The Morgan fingerprint density at radius 2 is 0.591 bits per heavy atom. The molecule has 0 saturated heterocycles. The van der Waals surface area contributed by atoms with Gasteiger partial charge in [0.25, 0.3) is 5.78 Å². The minimum absolute atomic E-state index is 0.0258. The molecule has 0 bridgehead atoms. The van der Waals surface area contributed by atoms with Crippen molar-refractivity contribution in [1.29, 1.82) is 0 Å². The van der Waals surface area contributed by atoms with Crippen LogP contribution in [0.5, 0.6) is 0 Å². The van der Waals surface area contributed by atoms with Gasteiger partial charge in [-0.05, 0) is 597 Å². The van der Waals surface area contributed by atoms with E-state index >= 15 is 0 Å². The molecule has 0 aliphatic carbocycles. The average Bonchev–Trinajstić information content (AvgIpc) is 1.57. The Hall–Kier alpha value is -10.9. The number of nitrogens with zero attached hydrogens (tertiary/aromatic N) is 2. The molecule has 0 fully saturated rings.